The third-order valence-corrected chi connectivity index (χ3v) is 3.48. The van der Waals surface area contributed by atoms with Crippen LogP contribution in [0.2, 0.25) is 0 Å². The maximum atomic E-state index is 11.4. The van der Waals surface area contributed by atoms with Crippen LogP contribution in [0.5, 0.6) is 0 Å². The van der Waals surface area contributed by atoms with Gasteiger partial charge in [-0.1, -0.05) is 48.5 Å². The molecule has 3 N–H and O–H groups in total. The molecule has 0 atom stereocenters. The summed E-state index contributed by atoms with van der Waals surface area (Å²) in [5.74, 6) is -0.730. The molecular weight excluding hydrogens is 274 g/mol. The molecule has 0 aliphatic carbocycles. The molecule has 0 saturated carbocycles. The molecule has 3 aromatic rings. The van der Waals surface area contributed by atoms with Crippen LogP contribution in [-0.4, -0.2) is 10.9 Å². The van der Waals surface area contributed by atoms with Crippen molar-refractivity contribution in [2.45, 2.75) is 0 Å². The molecule has 0 bridgehead atoms. The summed E-state index contributed by atoms with van der Waals surface area (Å²) in [7, 11) is 0. The molecule has 0 spiro atoms. The molecule has 4 heteroatoms. The molecule has 4 nitrogen and oxygen atoms in total. The number of H-pyrrole nitrogens is 1. The number of hydrogen-bond donors (Lipinski definition) is 2. The number of fused-ring (bicyclic) bond motifs is 1. The molecule has 1 amide bonds. The smallest absolute Gasteiger partial charge is 0.259 e. The Balaban J connectivity index is 2.32. The van der Waals surface area contributed by atoms with Crippen molar-refractivity contribution in [3.05, 3.63) is 65.7 Å². The van der Waals surface area contributed by atoms with E-state index >= 15 is 0 Å². The Morgan fingerprint density at radius 2 is 1.77 bits per heavy atom. The van der Waals surface area contributed by atoms with Crippen LogP contribution in [0.25, 0.3) is 28.2 Å². The van der Waals surface area contributed by atoms with Crippen molar-refractivity contribution < 1.29 is 4.79 Å². The van der Waals surface area contributed by atoms with Crippen LogP contribution in [0.4, 0.5) is 0 Å². The minimum absolute atomic E-state index is 0.0677. The lowest BCUT2D eigenvalue weighted by molar-refractivity contribution is -0.114. The van der Waals surface area contributed by atoms with Gasteiger partial charge in [-0.25, -0.2) is 0 Å². The zero-order chi connectivity index (χ0) is 15.5. The Morgan fingerprint density at radius 3 is 2.45 bits per heavy atom. The highest BCUT2D eigenvalue weighted by molar-refractivity contribution is 6.05. The first-order chi connectivity index (χ1) is 10.7. The highest BCUT2D eigenvalue weighted by atomic mass is 16.1. The topological polar surface area (TPSA) is 82.7 Å². The Bertz CT molecular complexity index is 914. The van der Waals surface area contributed by atoms with Gasteiger partial charge in [-0.05, 0) is 17.7 Å². The van der Waals surface area contributed by atoms with Crippen molar-refractivity contribution in [3.63, 3.8) is 0 Å². The molecule has 0 aliphatic heterocycles. The summed E-state index contributed by atoms with van der Waals surface area (Å²) < 4.78 is 0. The fourth-order valence-corrected chi connectivity index (χ4v) is 2.45. The van der Waals surface area contributed by atoms with Crippen LogP contribution < -0.4 is 5.73 Å². The number of carbonyl (C=O) groups excluding carboxylic acids is 1. The molecule has 0 aliphatic rings. The molecule has 0 unspecified atom stereocenters. The number of nitrogens with two attached hydrogens (primary N) is 1. The zero-order valence-electron chi connectivity index (χ0n) is 11.7. The van der Waals surface area contributed by atoms with Crippen molar-refractivity contribution in [2.75, 3.05) is 0 Å². The summed E-state index contributed by atoms with van der Waals surface area (Å²) in [5.41, 5.74) is 8.75. The highest BCUT2D eigenvalue weighted by Gasteiger charge is 2.13. The summed E-state index contributed by atoms with van der Waals surface area (Å²) in [5, 5.41) is 10.0. The van der Waals surface area contributed by atoms with Crippen LogP contribution >= 0.6 is 0 Å². The van der Waals surface area contributed by atoms with E-state index in [0.29, 0.717) is 0 Å². The summed E-state index contributed by atoms with van der Waals surface area (Å²) >= 11 is 0. The summed E-state index contributed by atoms with van der Waals surface area (Å²) in [4.78, 5) is 14.7. The first-order valence-corrected chi connectivity index (χ1v) is 6.78. The molecule has 0 saturated heterocycles. The third-order valence-electron chi connectivity index (χ3n) is 3.48. The van der Waals surface area contributed by atoms with Gasteiger partial charge >= 0.3 is 0 Å². The maximum Gasteiger partial charge on any atom is 0.259 e. The number of amides is 1. The Kier molecular flexibility index (Phi) is 3.47. The normalized spacial score (nSPS) is 11.3. The highest BCUT2D eigenvalue weighted by Crippen LogP contribution is 2.31. The minimum Gasteiger partial charge on any atom is -0.365 e. The van der Waals surface area contributed by atoms with Crippen LogP contribution in [0.15, 0.2) is 60.2 Å². The van der Waals surface area contributed by atoms with Gasteiger partial charge in [-0.2, -0.15) is 5.26 Å². The quantitative estimate of drug-likeness (QED) is 0.572. The van der Waals surface area contributed by atoms with E-state index in [-0.39, 0.29) is 5.57 Å². The van der Waals surface area contributed by atoms with Crippen molar-refractivity contribution in [2.24, 2.45) is 5.73 Å². The van der Waals surface area contributed by atoms with Gasteiger partial charge in [0.05, 0.1) is 5.69 Å². The van der Waals surface area contributed by atoms with Gasteiger partial charge < -0.3 is 10.7 Å². The number of aromatic nitrogens is 1. The van der Waals surface area contributed by atoms with Crippen molar-refractivity contribution >= 4 is 22.9 Å². The van der Waals surface area contributed by atoms with Gasteiger partial charge in [0.2, 0.25) is 0 Å². The van der Waals surface area contributed by atoms with E-state index in [0.717, 1.165) is 27.7 Å². The monoisotopic (exact) mass is 287 g/mol. The first-order valence-electron chi connectivity index (χ1n) is 6.78. The number of primary amides is 1. The summed E-state index contributed by atoms with van der Waals surface area (Å²) in [6, 6.07) is 19.4. The minimum atomic E-state index is -0.730. The van der Waals surface area contributed by atoms with E-state index in [1.807, 2.05) is 60.7 Å². The number of hydrogen-bond acceptors (Lipinski definition) is 2. The molecule has 0 radical (unpaired) electrons. The molecule has 22 heavy (non-hydrogen) atoms. The van der Waals surface area contributed by atoms with E-state index in [2.05, 4.69) is 4.98 Å². The van der Waals surface area contributed by atoms with E-state index < -0.39 is 5.91 Å². The first kappa shape index (κ1) is 13.7. The Hall–Kier alpha value is -3.32. The molecule has 2 aromatic carbocycles. The van der Waals surface area contributed by atoms with Crippen molar-refractivity contribution in [1.29, 1.82) is 5.26 Å². The number of rotatable bonds is 3. The number of nitrogens with zero attached hydrogens (tertiary/aromatic N) is 1. The average Bonchev–Trinajstić information content (AvgIpc) is 2.91. The van der Waals surface area contributed by atoms with Crippen LogP contribution in [-0.2, 0) is 4.79 Å². The number of aromatic amines is 1. The lowest BCUT2D eigenvalue weighted by Crippen LogP contribution is -2.12. The second kappa shape index (κ2) is 5.58. The van der Waals surface area contributed by atoms with Gasteiger partial charge in [-0.3, -0.25) is 4.79 Å². The van der Waals surface area contributed by atoms with Crippen LogP contribution in [0.3, 0.4) is 0 Å². The molecule has 0 fully saturated rings. The van der Waals surface area contributed by atoms with Crippen LogP contribution in [0, 0.1) is 11.3 Å². The molecule has 1 heterocycles. The van der Waals surface area contributed by atoms with Gasteiger partial charge in [-0.15, -0.1) is 0 Å². The number of benzene rings is 2. The molecule has 106 valence electrons. The van der Waals surface area contributed by atoms with Crippen molar-refractivity contribution in [1.82, 2.24) is 4.98 Å². The molecular formula is C18H13N3O. The SMILES string of the molecule is N#C/C(=C\c1c(-c2ccccc2)[nH]c2ccccc12)C(N)=O. The van der Waals surface area contributed by atoms with Gasteiger partial charge in [0, 0.05) is 16.5 Å². The zero-order valence-corrected chi connectivity index (χ0v) is 11.7. The summed E-state index contributed by atoms with van der Waals surface area (Å²) in [6.07, 6.45) is 1.55. The number of carbonyl (C=O) groups is 1. The molecule has 3 rings (SSSR count). The molecule has 1 aromatic heterocycles. The third kappa shape index (κ3) is 2.36. The summed E-state index contributed by atoms with van der Waals surface area (Å²) in [6.45, 7) is 0. The number of nitrogens with one attached hydrogen (secondary N) is 1. The van der Waals surface area contributed by atoms with Gasteiger partial charge in [0.1, 0.15) is 11.6 Å². The van der Waals surface area contributed by atoms with Gasteiger partial charge in [0.25, 0.3) is 5.91 Å². The lowest BCUT2D eigenvalue weighted by atomic mass is 10.0. The standard InChI is InChI=1S/C18H13N3O/c19-11-13(18(20)22)10-15-14-8-4-5-9-16(14)21-17(15)12-6-2-1-3-7-12/h1-10,21H,(H2,20,22)/b13-10+. The Labute approximate surface area is 127 Å². The lowest BCUT2D eigenvalue weighted by Gasteiger charge is -2.01. The fourth-order valence-electron chi connectivity index (χ4n) is 2.45. The second-order valence-corrected chi connectivity index (χ2v) is 4.86. The predicted octanol–water partition coefficient (Wildman–Crippen LogP) is 3.23. The number of para-hydroxylation sites is 1. The largest absolute Gasteiger partial charge is 0.365 e. The van der Waals surface area contributed by atoms with Crippen molar-refractivity contribution in [3.8, 4) is 17.3 Å². The second-order valence-electron chi connectivity index (χ2n) is 4.86. The predicted molar refractivity (Wildman–Crippen MR) is 86.5 cm³/mol. The maximum absolute atomic E-state index is 11.4. The van der Waals surface area contributed by atoms with E-state index in [9.17, 15) is 4.79 Å². The van der Waals surface area contributed by atoms with E-state index in [1.54, 1.807) is 6.08 Å². The fraction of sp³-hybridized carbons (Fsp3) is 0. The van der Waals surface area contributed by atoms with Crippen LogP contribution in [0.1, 0.15) is 5.56 Å². The number of nitriles is 1. The Morgan fingerprint density at radius 1 is 1.09 bits per heavy atom. The van der Waals surface area contributed by atoms with E-state index in [1.165, 1.54) is 0 Å². The average molecular weight is 287 g/mol. The van der Waals surface area contributed by atoms with Gasteiger partial charge in [0.15, 0.2) is 0 Å². The van der Waals surface area contributed by atoms with E-state index in [4.69, 9.17) is 11.0 Å².